The monoisotopic (exact) mass is 302 g/mol. The number of rotatable bonds is 0. The summed E-state index contributed by atoms with van der Waals surface area (Å²) in [5, 5.41) is 3.55. The summed E-state index contributed by atoms with van der Waals surface area (Å²) in [5.41, 5.74) is 2.31. The Labute approximate surface area is 132 Å². The number of benzene rings is 1. The number of para-hydroxylation sites is 1. The Morgan fingerprint density at radius 2 is 2.09 bits per heavy atom. The number of carbonyl (C=O) groups excluding carboxylic acids is 1. The van der Waals surface area contributed by atoms with Gasteiger partial charge in [0.1, 0.15) is 5.60 Å². The first-order valence-corrected chi connectivity index (χ1v) is 8.17. The average molecular weight is 302 g/mol. The van der Waals surface area contributed by atoms with Crippen LogP contribution in [0, 0.1) is 5.41 Å². The number of carbonyl (C=O) groups is 1. The highest BCUT2D eigenvalue weighted by molar-refractivity contribution is 5.68. The molecule has 2 heterocycles. The van der Waals surface area contributed by atoms with E-state index in [1.807, 2.05) is 25.7 Å². The van der Waals surface area contributed by atoms with Gasteiger partial charge in [0.05, 0.1) is 0 Å². The molecule has 0 bridgehead atoms. The number of fused-ring (bicyclic) bond motifs is 1. The minimum Gasteiger partial charge on any atom is -0.444 e. The second-order valence-electron chi connectivity index (χ2n) is 7.69. The minimum atomic E-state index is -0.431. The van der Waals surface area contributed by atoms with E-state index in [0.29, 0.717) is 0 Å². The van der Waals surface area contributed by atoms with Crippen molar-refractivity contribution in [1.29, 1.82) is 0 Å². The summed E-state index contributed by atoms with van der Waals surface area (Å²) in [6.07, 6.45) is 3.07. The molecule has 3 rings (SSSR count). The number of likely N-dealkylation sites (tertiary alicyclic amines) is 1. The molecule has 22 heavy (non-hydrogen) atoms. The summed E-state index contributed by atoms with van der Waals surface area (Å²) in [6.45, 7) is 8.28. The highest BCUT2D eigenvalue weighted by Gasteiger charge is 2.40. The van der Waals surface area contributed by atoms with Crippen molar-refractivity contribution in [2.24, 2.45) is 5.41 Å². The van der Waals surface area contributed by atoms with E-state index >= 15 is 0 Å². The van der Waals surface area contributed by atoms with E-state index in [-0.39, 0.29) is 11.5 Å². The Morgan fingerprint density at radius 3 is 2.86 bits per heavy atom. The van der Waals surface area contributed by atoms with Gasteiger partial charge in [-0.15, -0.1) is 0 Å². The lowest BCUT2D eigenvalue weighted by atomic mass is 9.73. The third-order valence-corrected chi connectivity index (χ3v) is 4.55. The van der Waals surface area contributed by atoms with Crippen LogP contribution >= 0.6 is 0 Å². The number of hydrogen-bond donors (Lipinski definition) is 1. The molecule has 0 aliphatic carbocycles. The van der Waals surface area contributed by atoms with Crippen LogP contribution in [0.3, 0.4) is 0 Å². The summed E-state index contributed by atoms with van der Waals surface area (Å²) >= 11 is 0. The number of hydrogen-bond acceptors (Lipinski definition) is 3. The van der Waals surface area contributed by atoms with Crippen LogP contribution in [0.4, 0.5) is 10.5 Å². The second-order valence-corrected chi connectivity index (χ2v) is 7.69. The summed E-state index contributed by atoms with van der Waals surface area (Å²) < 4.78 is 5.55. The normalized spacial score (nSPS) is 24.6. The molecular weight excluding hydrogens is 276 g/mol. The van der Waals surface area contributed by atoms with Crippen LogP contribution in [0.2, 0.25) is 0 Å². The van der Waals surface area contributed by atoms with Gasteiger partial charge in [0.15, 0.2) is 0 Å². The van der Waals surface area contributed by atoms with Crippen molar-refractivity contribution in [3.63, 3.8) is 0 Å². The van der Waals surface area contributed by atoms with E-state index in [0.717, 1.165) is 38.9 Å². The Morgan fingerprint density at radius 1 is 1.32 bits per heavy atom. The zero-order valence-corrected chi connectivity index (χ0v) is 13.8. The van der Waals surface area contributed by atoms with E-state index < -0.39 is 5.60 Å². The van der Waals surface area contributed by atoms with Crippen LogP contribution in [0.1, 0.15) is 39.2 Å². The van der Waals surface area contributed by atoms with Crippen molar-refractivity contribution < 1.29 is 9.53 Å². The fourth-order valence-corrected chi connectivity index (χ4v) is 3.57. The molecule has 2 aliphatic heterocycles. The second kappa shape index (κ2) is 5.49. The van der Waals surface area contributed by atoms with Crippen molar-refractivity contribution in [2.75, 3.05) is 25.0 Å². The van der Waals surface area contributed by atoms with Crippen molar-refractivity contribution in [1.82, 2.24) is 4.90 Å². The molecule has 1 aromatic carbocycles. The number of nitrogens with one attached hydrogen (secondary N) is 1. The molecule has 2 aliphatic rings. The number of nitrogens with zero attached hydrogens (tertiary/aromatic N) is 1. The standard InChI is InChI=1S/C18H26N2O2/c1-17(2,3)22-16(21)20-10-6-9-18(13-20)11-14-7-4-5-8-15(14)19-12-18/h4-5,7-8,19H,6,9-13H2,1-3H3. The summed E-state index contributed by atoms with van der Waals surface area (Å²) in [4.78, 5) is 14.3. The molecule has 1 spiro atoms. The smallest absolute Gasteiger partial charge is 0.410 e. The minimum absolute atomic E-state index is 0.142. The molecular formula is C18H26N2O2. The SMILES string of the molecule is CC(C)(C)OC(=O)N1CCCC2(CNc3ccccc3C2)C1. The van der Waals surface area contributed by atoms with Crippen molar-refractivity contribution in [2.45, 2.75) is 45.6 Å². The lowest BCUT2D eigenvalue weighted by molar-refractivity contribution is 0.00550. The fraction of sp³-hybridized carbons (Fsp3) is 0.611. The van der Waals surface area contributed by atoms with Gasteiger partial charge in [-0.3, -0.25) is 0 Å². The third-order valence-electron chi connectivity index (χ3n) is 4.55. The fourth-order valence-electron chi connectivity index (χ4n) is 3.57. The Bertz CT molecular complexity index is 564. The van der Waals surface area contributed by atoms with Gasteiger partial charge in [0, 0.05) is 30.7 Å². The van der Waals surface area contributed by atoms with E-state index in [2.05, 4.69) is 29.6 Å². The van der Waals surface area contributed by atoms with Gasteiger partial charge in [0.2, 0.25) is 0 Å². The lowest BCUT2D eigenvalue weighted by Gasteiger charge is -2.45. The van der Waals surface area contributed by atoms with Crippen LogP contribution in [-0.2, 0) is 11.2 Å². The quantitative estimate of drug-likeness (QED) is 0.795. The first-order valence-electron chi connectivity index (χ1n) is 8.17. The van der Waals surface area contributed by atoms with Gasteiger partial charge >= 0.3 is 6.09 Å². The zero-order valence-electron chi connectivity index (χ0n) is 13.8. The highest BCUT2D eigenvalue weighted by Crippen LogP contribution is 2.39. The maximum Gasteiger partial charge on any atom is 0.410 e. The predicted molar refractivity (Wildman–Crippen MR) is 88.1 cm³/mol. The molecule has 0 saturated carbocycles. The van der Waals surface area contributed by atoms with Gasteiger partial charge in [-0.05, 0) is 51.7 Å². The lowest BCUT2D eigenvalue weighted by Crippen LogP contribution is -2.52. The first-order chi connectivity index (χ1) is 10.4. The van der Waals surface area contributed by atoms with Gasteiger partial charge in [-0.25, -0.2) is 4.79 Å². The van der Waals surface area contributed by atoms with Crippen LogP contribution in [-0.4, -0.2) is 36.2 Å². The molecule has 4 nitrogen and oxygen atoms in total. The van der Waals surface area contributed by atoms with E-state index in [1.54, 1.807) is 0 Å². The van der Waals surface area contributed by atoms with Gasteiger partial charge < -0.3 is 15.0 Å². The molecule has 1 fully saturated rings. The molecule has 4 heteroatoms. The molecule has 0 aromatic heterocycles. The third kappa shape index (κ3) is 3.21. The Balaban J connectivity index is 1.72. The molecule has 1 aromatic rings. The molecule has 120 valence electrons. The number of ether oxygens (including phenoxy) is 1. The molecule has 1 amide bonds. The summed E-state index contributed by atoms with van der Waals surface area (Å²) in [6, 6.07) is 8.48. The van der Waals surface area contributed by atoms with Crippen molar-refractivity contribution in [3.05, 3.63) is 29.8 Å². The van der Waals surface area contributed by atoms with Gasteiger partial charge in [-0.1, -0.05) is 18.2 Å². The van der Waals surface area contributed by atoms with E-state index in [9.17, 15) is 4.79 Å². The first kappa shape index (κ1) is 15.2. The van der Waals surface area contributed by atoms with Crippen LogP contribution < -0.4 is 5.32 Å². The van der Waals surface area contributed by atoms with Gasteiger partial charge in [0.25, 0.3) is 0 Å². The average Bonchev–Trinajstić information content (AvgIpc) is 2.45. The number of anilines is 1. The maximum atomic E-state index is 12.4. The highest BCUT2D eigenvalue weighted by atomic mass is 16.6. The number of piperidine rings is 1. The largest absolute Gasteiger partial charge is 0.444 e. The van der Waals surface area contributed by atoms with Crippen LogP contribution in [0.5, 0.6) is 0 Å². The molecule has 1 unspecified atom stereocenters. The molecule has 0 radical (unpaired) electrons. The summed E-state index contributed by atoms with van der Waals surface area (Å²) in [7, 11) is 0. The molecule has 1 atom stereocenters. The predicted octanol–water partition coefficient (Wildman–Crippen LogP) is 3.67. The van der Waals surface area contributed by atoms with E-state index in [4.69, 9.17) is 4.74 Å². The maximum absolute atomic E-state index is 12.4. The Hall–Kier alpha value is -1.71. The van der Waals surface area contributed by atoms with Gasteiger partial charge in [-0.2, -0.15) is 0 Å². The van der Waals surface area contributed by atoms with E-state index in [1.165, 1.54) is 11.3 Å². The topological polar surface area (TPSA) is 41.6 Å². The zero-order chi connectivity index (χ0) is 15.8. The van der Waals surface area contributed by atoms with Crippen LogP contribution in [0.25, 0.3) is 0 Å². The molecule has 1 N–H and O–H groups in total. The summed E-state index contributed by atoms with van der Waals surface area (Å²) in [5.74, 6) is 0. The Kier molecular flexibility index (Phi) is 3.79. The molecule has 1 saturated heterocycles. The number of amides is 1. The van der Waals surface area contributed by atoms with Crippen LogP contribution in [0.15, 0.2) is 24.3 Å². The van der Waals surface area contributed by atoms with Crippen molar-refractivity contribution in [3.8, 4) is 0 Å². The van der Waals surface area contributed by atoms with Crippen molar-refractivity contribution >= 4 is 11.8 Å².